The molecule has 1 rings (SSSR count). The second kappa shape index (κ2) is 7.52. The summed E-state index contributed by atoms with van der Waals surface area (Å²) in [4.78, 5) is 0. The topological polar surface area (TPSA) is 45.0 Å². The van der Waals surface area contributed by atoms with E-state index >= 15 is 0 Å². The van der Waals surface area contributed by atoms with E-state index in [4.69, 9.17) is 10.00 Å². The number of nitriles is 1. The second-order valence-electron chi connectivity index (χ2n) is 4.17. The summed E-state index contributed by atoms with van der Waals surface area (Å²) in [6, 6.07) is 8.07. The fraction of sp³-hybridized carbons (Fsp3) is 0.400. The van der Waals surface area contributed by atoms with Gasteiger partial charge in [0.05, 0.1) is 12.7 Å². The van der Waals surface area contributed by atoms with Crippen LogP contribution in [-0.4, -0.2) is 19.7 Å². The maximum atomic E-state index is 9.00. The first-order chi connectivity index (χ1) is 8.71. The van der Waals surface area contributed by atoms with E-state index in [-0.39, 0.29) is 0 Å². The van der Waals surface area contributed by atoms with E-state index in [1.54, 1.807) is 7.11 Å². The molecular formula is C15H20N2O. The predicted octanol–water partition coefficient (Wildman–Crippen LogP) is 2.97. The quantitative estimate of drug-likeness (QED) is 0.836. The molecule has 1 aromatic rings. The highest BCUT2D eigenvalue weighted by Crippen LogP contribution is 2.19. The molecule has 0 radical (unpaired) electrons. The molecule has 18 heavy (non-hydrogen) atoms. The van der Waals surface area contributed by atoms with Crippen LogP contribution < -0.4 is 10.1 Å². The molecule has 0 saturated heterocycles. The van der Waals surface area contributed by atoms with Crippen LogP contribution in [0.25, 0.3) is 6.08 Å². The number of methoxy groups -OCH3 is 1. The first-order valence-corrected chi connectivity index (χ1v) is 6.21. The molecule has 96 valence electrons. The largest absolute Gasteiger partial charge is 0.495 e. The molecule has 3 heteroatoms. The van der Waals surface area contributed by atoms with Crippen molar-refractivity contribution < 1.29 is 4.74 Å². The Morgan fingerprint density at radius 2 is 2.28 bits per heavy atom. The number of hydrogen-bond donors (Lipinski definition) is 1. The molecule has 0 bridgehead atoms. The van der Waals surface area contributed by atoms with Gasteiger partial charge in [-0.05, 0) is 37.6 Å². The van der Waals surface area contributed by atoms with E-state index in [9.17, 15) is 0 Å². The molecule has 0 aliphatic rings. The lowest BCUT2D eigenvalue weighted by Gasteiger charge is -2.08. The van der Waals surface area contributed by atoms with Crippen LogP contribution in [-0.2, 0) is 0 Å². The zero-order chi connectivity index (χ0) is 13.4. The highest BCUT2D eigenvalue weighted by molar-refractivity contribution is 5.56. The van der Waals surface area contributed by atoms with Crippen LogP contribution in [0.2, 0.25) is 0 Å². The van der Waals surface area contributed by atoms with Crippen LogP contribution in [0, 0.1) is 11.3 Å². The molecule has 0 aromatic heterocycles. The van der Waals surface area contributed by atoms with E-state index in [1.807, 2.05) is 24.3 Å². The average molecular weight is 244 g/mol. The van der Waals surface area contributed by atoms with Gasteiger partial charge in [0.2, 0.25) is 0 Å². The number of rotatable bonds is 6. The lowest BCUT2D eigenvalue weighted by molar-refractivity contribution is 0.413. The fourth-order valence-electron chi connectivity index (χ4n) is 1.61. The minimum Gasteiger partial charge on any atom is -0.495 e. The summed E-state index contributed by atoms with van der Waals surface area (Å²) in [6.07, 6.45) is 5.24. The Labute approximate surface area is 109 Å². The van der Waals surface area contributed by atoms with Crippen molar-refractivity contribution in [3.63, 3.8) is 0 Å². The molecule has 1 atom stereocenters. The minimum absolute atomic E-state index is 0.331. The van der Waals surface area contributed by atoms with E-state index in [2.05, 4.69) is 31.3 Å². The van der Waals surface area contributed by atoms with E-state index in [1.165, 1.54) is 0 Å². The lowest BCUT2D eigenvalue weighted by atomic mass is 10.1. The van der Waals surface area contributed by atoms with E-state index < -0.39 is 0 Å². The van der Waals surface area contributed by atoms with Crippen molar-refractivity contribution in [2.24, 2.45) is 0 Å². The van der Waals surface area contributed by atoms with Crippen molar-refractivity contribution in [3.05, 3.63) is 35.4 Å². The molecule has 0 amide bonds. The highest BCUT2D eigenvalue weighted by atomic mass is 16.5. The van der Waals surface area contributed by atoms with Crippen LogP contribution in [0.1, 0.15) is 31.4 Å². The lowest BCUT2D eigenvalue weighted by Crippen LogP contribution is -2.24. The Hall–Kier alpha value is -1.79. The van der Waals surface area contributed by atoms with Crippen molar-refractivity contribution in [1.82, 2.24) is 5.32 Å². The van der Waals surface area contributed by atoms with Crippen LogP contribution in [0.15, 0.2) is 24.3 Å². The fourth-order valence-corrected chi connectivity index (χ4v) is 1.61. The standard InChI is InChI=1S/C15H20N2O/c1-4-9-17-12(2)5-6-13-7-8-15(18-3)14(10-13)11-16/h5-8,10,12,17H,4,9H2,1-3H3/b6-5+. The Kier molecular flexibility index (Phi) is 5.96. The molecule has 0 heterocycles. The SMILES string of the molecule is CCCNC(C)/C=C/c1ccc(OC)c(C#N)c1. The number of nitrogens with one attached hydrogen (secondary N) is 1. The Bertz CT molecular complexity index is 446. The first-order valence-electron chi connectivity index (χ1n) is 6.21. The van der Waals surface area contributed by atoms with Gasteiger partial charge in [-0.3, -0.25) is 0 Å². The molecule has 0 fully saturated rings. The van der Waals surface area contributed by atoms with Gasteiger partial charge in [-0.15, -0.1) is 0 Å². The summed E-state index contributed by atoms with van der Waals surface area (Å²) in [5.41, 5.74) is 1.58. The smallest absolute Gasteiger partial charge is 0.136 e. The molecule has 0 spiro atoms. The number of nitrogens with zero attached hydrogens (tertiary/aromatic N) is 1. The van der Waals surface area contributed by atoms with Crippen molar-refractivity contribution in [1.29, 1.82) is 5.26 Å². The summed E-state index contributed by atoms with van der Waals surface area (Å²) in [5, 5.41) is 12.4. The summed E-state index contributed by atoms with van der Waals surface area (Å²) in [5.74, 6) is 0.617. The number of hydrogen-bond acceptors (Lipinski definition) is 3. The predicted molar refractivity (Wildman–Crippen MR) is 74.5 cm³/mol. The molecule has 0 saturated carbocycles. The number of benzene rings is 1. The van der Waals surface area contributed by atoms with Crippen molar-refractivity contribution in [2.45, 2.75) is 26.3 Å². The van der Waals surface area contributed by atoms with E-state index in [0.29, 0.717) is 17.4 Å². The van der Waals surface area contributed by atoms with Gasteiger partial charge in [0.1, 0.15) is 11.8 Å². The van der Waals surface area contributed by atoms with E-state index in [0.717, 1.165) is 18.5 Å². The Balaban J connectivity index is 2.73. The Morgan fingerprint density at radius 1 is 1.50 bits per heavy atom. The maximum Gasteiger partial charge on any atom is 0.136 e. The minimum atomic E-state index is 0.331. The van der Waals surface area contributed by atoms with Crippen LogP contribution >= 0.6 is 0 Å². The van der Waals surface area contributed by atoms with Gasteiger partial charge in [-0.1, -0.05) is 25.1 Å². The molecule has 1 aromatic carbocycles. The van der Waals surface area contributed by atoms with Crippen LogP contribution in [0.5, 0.6) is 5.75 Å². The zero-order valence-corrected chi connectivity index (χ0v) is 11.2. The third-order valence-corrected chi connectivity index (χ3v) is 2.64. The van der Waals surface area contributed by atoms with Crippen molar-refractivity contribution >= 4 is 6.08 Å². The first kappa shape index (κ1) is 14.3. The molecular weight excluding hydrogens is 224 g/mol. The molecule has 3 nitrogen and oxygen atoms in total. The van der Waals surface area contributed by atoms with Gasteiger partial charge in [-0.2, -0.15) is 5.26 Å². The third kappa shape index (κ3) is 4.23. The van der Waals surface area contributed by atoms with Crippen molar-refractivity contribution in [3.8, 4) is 11.8 Å². The van der Waals surface area contributed by atoms with Gasteiger partial charge in [0, 0.05) is 6.04 Å². The molecule has 0 aliphatic heterocycles. The number of ether oxygens (including phenoxy) is 1. The van der Waals surface area contributed by atoms with Gasteiger partial charge < -0.3 is 10.1 Å². The Morgan fingerprint density at radius 3 is 2.89 bits per heavy atom. The summed E-state index contributed by atoms with van der Waals surface area (Å²) >= 11 is 0. The average Bonchev–Trinajstić information content (AvgIpc) is 2.42. The maximum absolute atomic E-state index is 9.00. The van der Waals surface area contributed by atoms with Gasteiger partial charge in [0.25, 0.3) is 0 Å². The second-order valence-corrected chi connectivity index (χ2v) is 4.17. The summed E-state index contributed by atoms with van der Waals surface area (Å²) in [6.45, 7) is 5.27. The molecule has 0 aliphatic carbocycles. The summed E-state index contributed by atoms with van der Waals surface area (Å²) < 4.78 is 5.11. The normalized spacial score (nSPS) is 12.3. The monoisotopic (exact) mass is 244 g/mol. The molecule has 1 unspecified atom stereocenters. The van der Waals surface area contributed by atoms with Crippen LogP contribution in [0.3, 0.4) is 0 Å². The zero-order valence-electron chi connectivity index (χ0n) is 11.2. The molecule has 1 N–H and O–H groups in total. The van der Waals surface area contributed by atoms with Gasteiger partial charge >= 0.3 is 0 Å². The van der Waals surface area contributed by atoms with Gasteiger partial charge in [0.15, 0.2) is 0 Å². The van der Waals surface area contributed by atoms with Gasteiger partial charge in [-0.25, -0.2) is 0 Å². The highest BCUT2D eigenvalue weighted by Gasteiger charge is 2.02. The van der Waals surface area contributed by atoms with Crippen molar-refractivity contribution in [2.75, 3.05) is 13.7 Å². The summed E-state index contributed by atoms with van der Waals surface area (Å²) in [7, 11) is 1.57. The van der Waals surface area contributed by atoms with Crippen LogP contribution in [0.4, 0.5) is 0 Å². The third-order valence-electron chi connectivity index (χ3n) is 2.64.